The standard InChI is InChI=1S/C29H38N4O3/c1-21(34)31-10-8-25(9-11-31)32-17-22-16-24(20-32)28-7-6-27(29(35)33(28)18-22)26-5-3-2-4-23(26)19-30-12-14-36-15-13-30/h2-7,22,24-25H,8-20H2,1H3/p+2/t22-,24+/m0/s1. The molecule has 192 valence electrons. The molecule has 6 rings (SSSR count). The van der Waals surface area contributed by atoms with Crippen molar-refractivity contribution < 1.29 is 19.3 Å². The van der Waals surface area contributed by atoms with Crippen molar-refractivity contribution in [1.29, 1.82) is 0 Å². The zero-order chi connectivity index (χ0) is 24.6. The molecule has 0 aliphatic carbocycles. The number of carbonyl (C=O) groups excluding carboxylic acids is 1. The second kappa shape index (κ2) is 10.1. The summed E-state index contributed by atoms with van der Waals surface area (Å²) in [4.78, 5) is 30.8. The number of rotatable bonds is 4. The number of fused-ring (bicyclic) bond motifs is 4. The van der Waals surface area contributed by atoms with Crippen LogP contribution in [0.15, 0.2) is 41.2 Å². The van der Waals surface area contributed by atoms with Gasteiger partial charge in [-0.1, -0.05) is 24.3 Å². The SMILES string of the molecule is CC(=O)N1CCC([NH+]2C[C@@H]3C[C@H](C2)c2ccc(-c4ccccc4C[NH+]4CCOCC4)c(=O)n2C3)CC1. The van der Waals surface area contributed by atoms with E-state index in [2.05, 4.69) is 41.0 Å². The lowest BCUT2D eigenvalue weighted by Gasteiger charge is -2.45. The first-order chi connectivity index (χ1) is 17.6. The Morgan fingerprint density at radius 1 is 1.03 bits per heavy atom. The van der Waals surface area contributed by atoms with Gasteiger partial charge in [-0.05, 0) is 24.1 Å². The first-order valence-corrected chi connectivity index (χ1v) is 13.9. The second-order valence-corrected chi connectivity index (χ2v) is 11.4. The van der Waals surface area contributed by atoms with Crippen LogP contribution in [-0.4, -0.2) is 73.9 Å². The van der Waals surface area contributed by atoms with Crippen LogP contribution in [0.5, 0.6) is 0 Å². The smallest absolute Gasteiger partial charge is 0.258 e. The third kappa shape index (κ3) is 4.64. The maximum atomic E-state index is 13.9. The maximum Gasteiger partial charge on any atom is 0.258 e. The number of benzene rings is 1. The number of aromatic nitrogens is 1. The van der Waals surface area contributed by atoms with Crippen LogP contribution in [0.4, 0.5) is 0 Å². The molecule has 2 N–H and O–H groups in total. The van der Waals surface area contributed by atoms with E-state index in [1.807, 2.05) is 4.90 Å². The zero-order valence-electron chi connectivity index (χ0n) is 21.5. The van der Waals surface area contributed by atoms with Gasteiger partial charge in [0.05, 0.1) is 32.3 Å². The summed E-state index contributed by atoms with van der Waals surface area (Å²) in [7, 11) is 0. The minimum Gasteiger partial charge on any atom is -0.370 e. The number of morpholine rings is 1. The van der Waals surface area contributed by atoms with Crippen molar-refractivity contribution >= 4 is 5.91 Å². The van der Waals surface area contributed by atoms with E-state index in [-0.39, 0.29) is 11.5 Å². The molecule has 0 spiro atoms. The fourth-order valence-electron chi connectivity index (χ4n) is 7.28. The molecule has 1 aromatic heterocycles. The Labute approximate surface area is 213 Å². The van der Waals surface area contributed by atoms with Gasteiger partial charge in [0.1, 0.15) is 19.6 Å². The van der Waals surface area contributed by atoms with E-state index in [0.29, 0.717) is 17.9 Å². The molecule has 4 aliphatic rings. The van der Waals surface area contributed by atoms with Gasteiger partial charge in [-0.2, -0.15) is 0 Å². The number of hydrogen-bond acceptors (Lipinski definition) is 3. The second-order valence-electron chi connectivity index (χ2n) is 11.4. The highest BCUT2D eigenvalue weighted by atomic mass is 16.5. The molecule has 2 bridgehead atoms. The van der Waals surface area contributed by atoms with Gasteiger partial charge in [-0.3, -0.25) is 9.59 Å². The van der Waals surface area contributed by atoms with Gasteiger partial charge >= 0.3 is 0 Å². The summed E-state index contributed by atoms with van der Waals surface area (Å²) in [6, 6.07) is 13.5. The average Bonchev–Trinajstić information content (AvgIpc) is 2.90. The van der Waals surface area contributed by atoms with Crippen molar-refractivity contribution in [2.24, 2.45) is 5.92 Å². The van der Waals surface area contributed by atoms with Crippen LogP contribution in [-0.2, 0) is 22.6 Å². The molecule has 0 radical (unpaired) electrons. The summed E-state index contributed by atoms with van der Waals surface area (Å²) in [5, 5.41) is 0. The third-order valence-electron chi connectivity index (χ3n) is 9.21. The normalized spacial score (nSPS) is 27.0. The van der Waals surface area contributed by atoms with E-state index in [9.17, 15) is 9.59 Å². The molecule has 1 aromatic carbocycles. The lowest BCUT2D eigenvalue weighted by atomic mass is 9.81. The Bertz CT molecular complexity index is 1160. The monoisotopic (exact) mass is 492 g/mol. The van der Waals surface area contributed by atoms with E-state index in [0.717, 1.165) is 89.5 Å². The van der Waals surface area contributed by atoms with Gasteiger partial charge in [-0.25, -0.2) is 0 Å². The van der Waals surface area contributed by atoms with E-state index in [1.54, 1.807) is 11.8 Å². The molecule has 36 heavy (non-hydrogen) atoms. The lowest BCUT2D eigenvalue weighted by Crippen LogP contribution is -3.18. The number of pyridine rings is 1. The molecule has 3 atom stereocenters. The van der Waals surface area contributed by atoms with Crippen LogP contribution in [0.1, 0.15) is 43.4 Å². The molecule has 5 heterocycles. The van der Waals surface area contributed by atoms with Crippen LogP contribution in [0.25, 0.3) is 11.1 Å². The number of amides is 1. The van der Waals surface area contributed by atoms with Crippen LogP contribution in [0.3, 0.4) is 0 Å². The Morgan fingerprint density at radius 3 is 2.58 bits per heavy atom. The predicted octanol–water partition coefficient (Wildman–Crippen LogP) is -0.0567. The van der Waals surface area contributed by atoms with E-state index >= 15 is 0 Å². The van der Waals surface area contributed by atoms with Gasteiger partial charge in [0.15, 0.2) is 0 Å². The molecule has 3 fully saturated rings. The quantitative estimate of drug-likeness (QED) is 0.629. The molecule has 0 saturated carbocycles. The maximum absolute atomic E-state index is 13.9. The Balaban J connectivity index is 1.23. The number of piperidine rings is 2. The average molecular weight is 493 g/mol. The van der Waals surface area contributed by atoms with E-state index in [1.165, 1.54) is 22.6 Å². The fraction of sp³-hybridized carbons (Fsp3) is 0.586. The Hall–Kier alpha value is -2.48. The minimum absolute atomic E-state index is 0.185. The largest absolute Gasteiger partial charge is 0.370 e. The van der Waals surface area contributed by atoms with E-state index < -0.39 is 0 Å². The summed E-state index contributed by atoms with van der Waals surface area (Å²) >= 11 is 0. The van der Waals surface area contributed by atoms with Gasteiger partial charge in [0, 0.05) is 68.1 Å². The third-order valence-corrected chi connectivity index (χ3v) is 9.21. The summed E-state index contributed by atoms with van der Waals surface area (Å²) < 4.78 is 7.65. The first kappa shape index (κ1) is 23.9. The van der Waals surface area contributed by atoms with Crippen molar-refractivity contribution in [2.75, 3.05) is 52.5 Å². The highest BCUT2D eigenvalue weighted by molar-refractivity contribution is 5.73. The van der Waals surface area contributed by atoms with E-state index in [4.69, 9.17) is 4.74 Å². The molecule has 3 saturated heterocycles. The van der Waals surface area contributed by atoms with Gasteiger partial charge in [0.2, 0.25) is 5.91 Å². The molecule has 2 aromatic rings. The predicted molar refractivity (Wildman–Crippen MR) is 138 cm³/mol. The summed E-state index contributed by atoms with van der Waals surface area (Å²) in [5.74, 6) is 1.21. The number of carbonyl (C=O) groups is 1. The molecule has 1 amide bonds. The van der Waals surface area contributed by atoms with Gasteiger partial charge in [-0.15, -0.1) is 0 Å². The Morgan fingerprint density at radius 2 is 1.81 bits per heavy atom. The minimum atomic E-state index is 0.185. The Kier molecular flexibility index (Phi) is 6.71. The van der Waals surface area contributed by atoms with Gasteiger partial charge < -0.3 is 24.0 Å². The number of nitrogens with zero attached hydrogens (tertiary/aromatic N) is 2. The first-order valence-electron chi connectivity index (χ1n) is 13.9. The summed E-state index contributed by atoms with van der Waals surface area (Å²) in [6.45, 7) is 11.2. The molecule has 1 unspecified atom stereocenters. The topological polar surface area (TPSA) is 60.4 Å². The van der Waals surface area contributed by atoms with Crippen molar-refractivity contribution in [3.63, 3.8) is 0 Å². The number of nitrogens with one attached hydrogen (secondary N) is 2. The van der Waals surface area contributed by atoms with Gasteiger partial charge in [0.25, 0.3) is 5.56 Å². The molecule has 7 nitrogen and oxygen atoms in total. The highest BCUT2D eigenvalue weighted by Gasteiger charge is 2.41. The highest BCUT2D eigenvalue weighted by Crippen LogP contribution is 2.32. The van der Waals surface area contributed by atoms with Crippen LogP contribution in [0.2, 0.25) is 0 Å². The van der Waals surface area contributed by atoms with Crippen molar-refractivity contribution in [3.05, 3.63) is 58.0 Å². The molecule has 7 heteroatoms. The number of quaternary nitrogens is 2. The van der Waals surface area contributed by atoms with Crippen molar-refractivity contribution in [2.45, 2.75) is 51.2 Å². The summed E-state index contributed by atoms with van der Waals surface area (Å²) in [5.41, 5.74) is 4.62. The molecule has 4 aliphatic heterocycles. The number of likely N-dealkylation sites (tertiary alicyclic amines) is 2. The van der Waals surface area contributed by atoms with Crippen LogP contribution in [0, 0.1) is 5.92 Å². The number of ether oxygens (including phenoxy) is 1. The summed E-state index contributed by atoms with van der Waals surface area (Å²) in [6.07, 6.45) is 3.40. The zero-order valence-corrected chi connectivity index (χ0v) is 21.5. The van der Waals surface area contributed by atoms with Crippen LogP contribution >= 0.6 is 0 Å². The molecular weight excluding hydrogens is 452 g/mol. The van der Waals surface area contributed by atoms with Crippen molar-refractivity contribution in [3.8, 4) is 11.1 Å². The number of hydrogen-bond donors (Lipinski definition) is 2. The molecular formula is C29H40N4O3+2. The van der Waals surface area contributed by atoms with Crippen LogP contribution < -0.4 is 15.4 Å². The van der Waals surface area contributed by atoms with Crippen molar-refractivity contribution in [1.82, 2.24) is 9.47 Å². The lowest BCUT2D eigenvalue weighted by molar-refractivity contribution is -0.937. The fourth-order valence-corrected chi connectivity index (χ4v) is 7.28.